The van der Waals surface area contributed by atoms with Gasteiger partial charge in [-0.05, 0) is 56.3 Å². The van der Waals surface area contributed by atoms with Crippen molar-refractivity contribution in [1.82, 2.24) is 9.80 Å². The number of carbonyl (C=O) groups is 1. The Labute approximate surface area is 150 Å². The summed E-state index contributed by atoms with van der Waals surface area (Å²) in [5.41, 5.74) is 1.35. The van der Waals surface area contributed by atoms with Crippen molar-refractivity contribution in [3.8, 4) is 5.75 Å². The molecule has 1 fully saturated rings. The summed E-state index contributed by atoms with van der Waals surface area (Å²) in [6, 6.07) is 9.06. The van der Waals surface area contributed by atoms with Crippen molar-refractivity contribution < 1.29 is 14.6 Å². The molecule has 5 heteroatoms. The van der Waals surface area contributed by atoms with Crippen LogP contribution in [0.25, 0.3) is 0 Å². The first-order valence-corrected chi connectivity index (χ1v) is 9.60. The predicted octanol–water partition coefficient (Wildman–Crippen LogP) is 2.64. The molecule has 1 atom stereocenters. The first-order chi connectivity index (χ1) is 12.2. The Kier molecular flexibility index (Phi) is 6.70. The second-order valence-electron chi connectivity index (χ2n) is 7.24. The molecule has 3 rings (SSSR count). The molecule has 2 aliphatic heterocycles. The predicted molar refractivity (Wildman–Crippen MR) is 98.2 cm³/mol. The molecule has 2 heterocycles. The van der Waals surface area contributed by atoms with Crippen LogP contribution in [0.5, 0.6) is 5.75 Å². The summed E-state index contributed by atoms with van der Waals surface area (Å²) in [6.07, 6.45) is 6.93. The van der Waals surface area contributed by atoms with Crippen LogP contribution in [0.3, 0.4) is 0 Å². The molecular formula is C20H30N2O3. The fraction of sp³-hybridized carbons (Fsp3) is 0.650. The van der Waals surface area contributed by atoms with Gasteiger partial charge in [-0.25, -0.2) is 0 Å². The largest absolute Gasteiger partial charge is 0.494 e. The zero-order valence-electron chi connectivity index (χ0n) is 15.0. The Balaban J connectivity index is 1.71. The van der Waals surface area contributed by atoms with Gasteiger partial charge in [-0.1, -0.05) is 18.6 Å². The summed E-state index contributed by atoms with van der Waals surface area (Å²) in [4.78, 5) is 15.8. The van der Waals surface area contributed by atoms with E-state index in [4.69, 9.17) is 4.74 Å². The third kappa shape index (κ3) is 5.72. The minimum absolute atomic E-state index is 0.119. The minimum atomic E-state index is -0.745. The van der Waals surface area contributed by atoms with Crippen LogP contribution in [0.4, 0.5) is 0 Å². The van der Waals surface area contributed by atoms with Crippen LogP contribution in [0.15, 0.2) is 24.3 Å². The molecule has 0 saturated carbocycles. The van der Waals surface area contributed by atoms with Crippen molar-refractivity contribution in [2.24, 2.45) is 0 Å². The molecule has 5 nitrogen and oxygen atoms in total. The molecule has 2 bridgehead atoms. The topological polar surface area (TPSA) is 53.0 Å². The van der Waals surface area contributed by atoms with E-state index in [1.165, 1.54) is 31.2 Å². The maximum absolute atomic E-state index is 11.2. The van der Waals surface area contributed by atoms with Gasteiger partial charge in [-0.3, -0.25) is 14.6 Å². The Morgan fingerprint density at radius 3 is 2.92 bits per heavy atom. The van der Waals surface area contributed by atoms with Crippen LogP contribution in [-0.4, -0.2) is 66.2 Å². The Morgan fingerprint density at radius 1 is 1.12 bits per heavy atom. The van der Waals surface area contributed by atoms with E-state index in [0.29, 0.717) is 12.6 Å². The van der Waals surface area contributed by atoms with Gasteiger partial charge in [0.25, 0.3) is 0 Å². The molecule has 1 aromatic rings. The van der Waals surface area contributed by atoms with Gasteiger partial charge in [0.2, 0.25) is 0 Å². The molecule has 138 valence electrons. The monoisotopic (exact) mass is 346 g/mol. The van der Waals surface area contributed by atoms with Gasteiger partial charge >= 0.3 is 5.97 Å². The minimum Gasteiger partial charge on any atom is -0.494 e. The van der Waals surface area contributed by atoms with E-state index in [0.717, 1.165) is 44.8 Å². The third-order valence-corrected chi connectivity index (χ3v) is 5.36. The number of piperidine rings is 1. The number of fused-ring (bicyclic) bond motifs is 3. The summed E-state index contributed by atoms with van der Waals surface area (Å²) in [5.74, 6) is 0.185. The third-order valence-electron chi connectivity index (χ3n) is 5.36. The lowest BCUT2D eigenvalue weighted by atomic mass is 9.95. The van der Waals surface area contributed by atoms with Crippen molar-refractivity contribution in [2.45, 2.75) is 44.6 Å². The maximum atomic E-state index is 11.2. The van der Waals surface area contributed by atoms with Gasteiger partial charge < -0.3 is 9.84 Å². The number of nitrogens with zero attached hydrogens (tertiary/aromatic N) is 2. The summed E-state index contributed by atoms with van der Waals surface area (Å²) < 4.78 is 5.87. The van der Waals surface area contributed by atoms with Gasteiger partial charge in [0, 0.05) is 25.7 Å². The molecule has 25 heavy (non-hydrogen) atoms. The van der Waals surface area contributed by atoms with E-state index in [9.17, 15) is 9.90 Å². The summed E-state index contributed by atoms with van der Waals surface area (Å²) >= 11 is 0. The first-order valence-electron chi connectivity index (χ1n) is 9.60. The lowest BCUT2D eigenvalue weighted by molar-refractivity contribution is -0.138. The molecule has 1 aromatic carbocycles. The number of benzene rings is 1. The lowest BCUT2D eigenvalue weighted by Gasteiger charge is -2.37. The number of hydrogen-bond acceptors (Lipinski definition) is 4. The van der Waals surface area contributed by atoms with E-state index in [2.05, 4.69) is 28.0 Å². The molecule has 2 aliphatic rings. The van der Waals surface area contributed by atoms with Crippen molar-refractivity contribution in [2.75, 3.05) is 39.3 Å². The number of carboxylic acid groups (broad SMARTS) is 1. The molecule has 1 N–H and O–H groups in total. The molecule has 0 amide bonds. The molecule has 0 radical (unpaired) electrons. The lowest BCUT2D eigenvalue weighted by Crippen LogP contribution is -2.45. The number of rotatable bonds is 2. The zero-order chi connectivity index (χ0) is 17.5. The smallest absolute Gasteiger partial charge is 0.317 e. The first kappa shape index (κ1) is 18.2. The Morgan fingerprint density at radius 2 is 2.04 bits per heavy atom. The molecule has 1 unspecified atom stereocenters. The van der Waals surface area contributed by atoms with E-state index in [-0.39, 0.29) is 6.54 Å². The SMILES string of the molecule is O=C(O)CN1CCCOc2cccc(c2)CCC2CCCCN2CC1. The quantitative estimate of drug-likeness (QED) is 0.892. The highest BCUT2D eigenvalue weighted by Gasteiger charge is 2.23. The number of aryl methyl sites for hydroxylation is 1. The molecule has 0 aromatic heterocycles. The molecular weight excluding hydrogens is 316 g/mol. The van der Waals surface area contributed by atoms with Crippen LogP contribution in [0, 0.1) is 0 Å². The van der Waals surface area contributed by atoms with Crippen LogP contribution in [0.1, 0.15) is 37.7 Å². The van der Waals surface area contributed by atoms with Gasteiger partial charge in [0.15, 0.2) is 0 Å². The maximum Gasteiger partial charge on any atom is 0.317 e. The zero-order valence-corrected chi connectivity index (χ0v) is 15.0. The highest BCUT2D eigenvalue weighted by Crippen LogP contribution is 2.23. The van der Waals surface area contributed by atoms with Crippen LogP contribution in [-0.2, 0) is 11.2 Å². The van der Waals surface area contributed by atoms with E-state index in [1.54, 1.807) is 0 Å². The molecule has 1 saturated heterocycles. The number of carboxylic acids is 1. The highest BCUT2D eigenvalue weighted by atomic mass is 16.5. The van der Waals surface area contributed by atoms with Crippen molar-refractivity contribution in [3.05, 3.63) is 29.8 Å². The van der Waals surface area contributed by atoms with E-state index in [1.807, 2.05) is 6.07 Å². The second kappa shape index (κ2) is 9.20. The van der Waals surface area contributed by atoms with E-state index < -0.39 is 5.97 Å². The number of ether oxygens (including phenoxy) is 1. The number of hydrogen-bond donors (Lipinski definition) is 1. The van der Waals surface area contributed by atoms with Gasteiger partial charge in [-0.15, -0.1) is 0 Å². The number of aliphatic carboxylic acids is 1. The van der Waals surface area contributed by atoms with Crippen molar-refractivity contribution in [3.63, 3.8) is 0 Å². The van der Waals surface area contributed by atoms with Gasteiger partial charge in [0.05, 0.1) is 13.2 Å². The second-order valence-corrected chi connectivity index (χ2v) is 7.24. The highest BCUT2D eigenvalue weighted by molar-refractivity contribution is 5.69. The fourth-order valence-corrected chi connectivity index (χ4v) is 4.01. The Bertz CT molecular complexity index is 564. The summed E-state index contributed by atoms with van der Waals surface area (Å²) in [7, 11) is 0. The van der Waals surface area contributed by atoms with Gasteiger partial charge in [-0.2, -0.15) is 0 Å². The summed E-state index contributed by atoms with van der Waals surface area (Å²) in [6.45, 7) is 4.46. The van der Waals surface area contributed by atoms with Crippen LogP contribution in [0.2, 0.25) is 0 Å². The fourth-order valence-electron chi connectivity index (χ4n) is 4.01. The van der Waals surface area contributed by atoms with Crippen molar-refractivity contribution >= 4 is 5.97 Å². The van der Waals surface area contributed by atoms with E-state index >= 15 is 0 Å². The Hall–Kier alpha value is -1.59. The average molecular weight is 346 g/mol. The van der Waals surface area contributed by atoms with Crippen LogP contribution >= 0.6 is 0 Å². The van der Waals surface area contributed by atoms with Crippen LogP contribution < -0.4 is 4.74 Å². The normalized spacial score (nSPS) is 23.9. The molecule has 0 spiro atoms. The standard InChI is InChI=1S/C20H30N2O3/c23-20(24)16-21-10-4-14-25-19-7-3-5-17(15-19)8-9-18-6-1-2-11-22(18)13-12-21/h3,5,7,15,18H,1-2,4,6,8-14,16H2,(H,23,24). The summed E-state index contributed by atoms with van der Waals surface area (Å²) in [5, 5.41) is 9.17. The van der Waals surface area contributed by atoms with Gasteiger partial charge in [0.1, 0.15) is 5.75 Å². The molecule has 0 aliphatic carbocycles. The average Bonchev–Trinajstić information content (AvgIpc) is 2.61. The van der Waals surface area contributed by atoms with Crippen molar-refractivity contribution in [1.29, 1.82) is 0 Å².